The van der Waals surface area contributed by atoms with Crippen LogP contribution in [-0.4, -0.2) is 29.0 Å². The summed E-state index contributed by atoms with van der Waals surface area (Å²) in [6.07, 6.45) is 0.847. The normalized spacial score (nSPS) is 12.7. The lowest BCUT2D eigenvalue weighted by molar-refractivity contribution is -0.113. The number of nitriles is 1. The molecule has 0 aliphatic carbocycles. The molecule has 3 rings (SSSR count). The molecule has 2 amide bonds. The smallest absolute Gasteiger partial charge is 0.254 e. The predicted octanol–water partition coefficient (Wildman–Crippen LogP) is 3.65. The van der Waals surface area contributed by atoms with Crippen LogP contribution in [0.25, 0.3) is 0 Å². The molecule has 0 aromatic heterocycles. The van der Waals surface area contributed by atoms with Gasteiger partial charge < -0.3 is 10.2 Å². The van der Waals surface area contributed by atoms with Gasteiger partial charge in [-0.3, -0.25) is 9.59 Å². The fraction of sp³-hybridized carbons (Fsp3) is 0.250. The Bertz CT molecular complexity index is 872. The van der Waals surface area contributed by atoms with Gasteiger partial charge in [0.25, 0.3) is 5.91 Å². The molecule has 0 bridgehead atoms. The molecule has 1 aliphatic rings. The molecule has 0 atom stereocenters. The Labute approximate surface area is 157 Å². The van der Waals surface area contributed by atoms with E-state index in [-0.39, 0.29) is 11.8 Å². The molecule has 1 heterocycles. The van der Waals surface area contributed by atoms with E-state index in [1.54, 1.807) is 23.1 Å². The molecule has 1 N–H and O–H groups in total. The second-order valence-electron chi connectivity index (χ2n) is 6.08. The van der Waals surface area contributed by atoms with Gasteiger partial charge in [-0.15, -0.1) is 11.8 Å². The fourth-order valence-corrected chi connectivity index (χ4v) is 3.61. The number of thioether (sulfide) groups is 1. The Balaban J connectivity index is 1.81. The highest BCUT2D eigenvalue weighted by molar-refractivity contribution is 8.00. The summed E-state index contributed by atoms with van der Waals surface area (Å²) in [7, 11) is 0. The summed E-state index contributed by atoms with van der Waals surface area (Å²) in [5.74, 6) is 0.292. The fourth-order valence-electron chi connectivity index (χ4n) is 2.83. The number of hydrogen-bond acceptors (Lipinski definition) is 4. The number of benzene rings is 2. The van der Waals surface area contributed by atoms with Crippen LogP contribution >= 0.6 is 11.8 Å². The van der Waals surface area contributed by atoms with Crippen molar-refractivity contribution >= 4 is 29.3 Å². The molecule has 132 valence electrons. The predicted molar refractivity (Wildman–Crippen MR) is 102 cm³/mol. The van der Waals surface area contributed by atoms with E-state index < -0.39 is 0 Å². The van der Waals surface area contributed by atoms with Gasteiger partial charge in [-0.2, -0.15) is 5.26 Å². The average molecular weight is 365 g/mol. The zero-order chi connectivity index (χ0) is 18.5. The highest BCUT2D eigenvalue weighted by Crippen LogP contribution is 2.32. The first-order valence-corrected chi connectivity index (χ1v) is 9.44. The van der Waals surface area contributed by atoms with Gasteiger partial charge >= 0.3 is 0 Å². The van der Waals surface area contributed by atoms with Gasteiger partial charge in [-0.1, -0.05) is 19.1 Å². The summed E-state index contributed by atoms with van der Waals surface area (Å²) in [5, 5.41) is 11.7. The summed E-state index contributed by atoms with van der Waals surface area (Å²) >= 11 is 1.48. The quantitative estimate of drug-likeness (QED) is 0.878. The van der Waals surface area contributed by atoms with Crippen LogP contribution < -0.4 is 5.32 Å². The van der Waals surface area contributed by atoms with Crippen molar-refractivity contribution in [3.05, 3.63) is 59.2 Å². The van der Waals surface area contributed by atoms with Crippen LogP contribution in [0.4, 0.5) is 5.69 Å². The summed E-state index contributed by atoms with van der Waals surface area (Å²) in [6, 6.07) is 14.8. The second kappa shape index (κ2) is 8.07. The standard InChI is InChI=1S/C20H19N3O2S/c1-2-9-23(12-15-5-3-14(11-21)4-6-15)20(25)16-7-8-18-17(10-16)22-19(24)13-26-18/h3-8,10H,2,9,12-13H2,1H3,(H,22,24). The van der Waals surface area contributed by atoms with Crippen molar-refractivity contribution in [1.82, 2.24) is 4.90 Å². The zero-order valence-electron chi connectivity index (χ0n) is 14.5. The van der Waals surface area contributed by atoms with Crippen molar-refractivity contribution in [2.75, 3.05) is 17.6 Å². The van der Waals surface area contributed by atoms with Crippen molar-refractivity contribution in [2.45, 2.75) is 24.8 Å². The first kappa shape index (κ1) is 18.0. The van der Waals surface area contributed by atoms with E-state index >= 15 is 0 Å². The Morgan fingerprint density at radius 3 is 2.73 bits per heavy atom. The highest BCUT2D eigenvalue weighted by Gasteiger charge is 2.20. The summed E-state index contributed by atoms with van der Waals surface area (Å²) in [6.45, 7) is 3.15. The summed E-state index contributed by atoms with van der Waals surface area (Å²) in [5.41, 5.74) is 2.85. The third-order valence-corrected chi connectivity index (χ3v) is 5.17. The van der Waals surface area contributed by atoms with Gasteiger partial charge in [0.1, 0.15) is 0 Å². The van der Waals surface area contributed by atoms with E-state index in [0.717, 1.165) is 16.9 Å². The van der Waals surface area contributed by atoms with Gasteiger partial charge in [0, 0.05) is 23.5 Å². The Morgan fingerprint density at radius 2 is 2.04 bits per heavy atom. The van der Waals surface area contributed by atoms with Gasteiger partial charge in [-0.25, -0.2) is 0 Å². The summed E-state index contributed by atoms with van der Waals surface area (Å²) in [4.78, 5) is 27.3. The van der Waals surface area contributed by atoms with Crippen LogP contribution in [-0.2, 0) is 11.3 Å². The van der Waals surface area contributed by atoms with E-state index in [4.69, 9.17) is 5.26 Å². The number of rotatable bonds is 5. The average Bonchev–Trinajstić information content (AvgIpc) is 2.67. The first-order chi connectivity index (χ1) is 12.6. The SMILES string of the molecule is CCCN(Cc1ccc(C#N)cc1)C(=O)c1ccc2c(c1)NC(=O)CS2. The number of carbonyl (C=O) groups excluding carboxylic acids is 2. The lowest BCUT2D eigenvalue weighted by atomic mass is 10.1. The molecule has 1 aliphatic heterocycles. The number of fused-ring (bicyclic) bond motifs is 1. The van der Waals surface area contributed by atoms with Crippen LogP contribution in [0.15, 0.2) is 47.4 Å². The van der Waals surface area contributed by atoms with E-state index in [0.29, 0.717) is 35.7 Å². The Hall–Kier alpha value is -2.78. The van der Waals surface area contributed by atoms with Gasteiger partial charge in [0.05, 0.1) is 23.1 Å². The molecule has 2 aromatic carbocycles. The van der Waals surface area contributed by atoms with Crippen molar-refractivity contribution in [3.63, 3.8) is 0 Å². The van der Waals surface area contributed by atoms with E-state index in [1.165, 1.54) is 11.8 Å². The van der Waals surface area contributed by atoms with Crippen molar-refractivity contribution in [1.29, 1.82) is 5.26 Å². The topological polar surface area (TPSA) is 73.2 Å². The third-order valence-electron chi connectivity index (χ3n) is 4.10. The van der Waals surface area contributed by atoms with E-state index in [2.05, 4.69) is 11.4 Å². The molecule has 5 nitrogen and oxygen atoms in total. The number of carbonyl (C=O) groups is 2. The molecule has 6 heteroatoms. The van der Waals surface area contributed by atoms with E-state index in [1.807, 2.05) is 31.2 Å². The maximum absolute atomic E-state index is 13.0. The lowest BCUT2D eigenvalue weighted by Gasteiger charge is -2.24. The molecular formula is C20H19N3O2S. The molecule has 26 heavy (non-hydrogen) atoms. The summed E-state index contributed by atoms with van der Waals surface area (Å²) < 4.78 is 0. The van der Waals surface area contributed by atoms with Crippen LogP contribution in [0.5, 0.6) is 0 Å². The van der Waals surface area contributed by atoms with Crippen molar-refractivity contribution < 1.29 is 9.59 Å². The van der Waals surface area contributed by atoms with Crippen LogP contribution in [0.1, 0.15) is 34.8 Å². The van der Waals surface area contributed by atoms with Crippen molar-refractivity contribution in [3.8, 4) is 6.07 Å². The Morgan fingerprint density at radius 1 is 1.27 bits per heavy atom. The number of nitrogens with zero attached hydrogens (tertiary/aromatic N) is 2. The zero-order valence-corrected chi connectivity index (χ0v) is 15.3. The molecule has 0 radical (unpaired) electrons. The molecule has 0 saturated carbocycles. The maximum Gasteiger partial charge on any atom is 0.254 e. The van der Waals surface area contributed by atoms with Gasteiger partial charge in [0.15, 0.2) is 0 Å². The third kappa shape index (κ3) is 4.06. The van der Waals surface area contributed by atoms with Crippen LogP contribution in [0.3, 0.4) is 0 Å². The molecular weight excluding hydrogens is 346 g/mol. The largest absolute Gasteiger partial charge is 0.334 e. The van der Waals surface area contributed by atoms with Crippen LogP contribution in [0, 0.1) is 11.3 Å². The molecule has 2 aromatic rings. The van der Waals surface area contributed by atoms with E-state index in [9.17, 15) is 9.59 Å². The molecule has 0 unspecified atom stereocenters. The molecule has 0 fully saturated rings. The van der Waals surface area contributed by atoms with Crippen LogP contribution in [0.2, 0.25) is 0 Å². The first-order valence-electron chi connectivity index (χ1n) is 8.45. The van der Waals surface area contributed by atoms with Gasteiger partial charge in [0.2, 0.25) is 5.91 Å². The minimum absolute atomic E-state index is 0.0462. The highest BCUT2D eigenvalue weighted by atomic mass is 32.2. The number of hydrogen-bond donors (Lipinski definition) is 1. The lowest BCUT2D eigenvalue weighted by Crippen LogP contribution is -2.31. The van der Waals surface area contributed by atoms with Crippen molar-refractivity contribution in [2.24, 2.45) is 0 Å². The van der Waals surface area contributed by atoms with Gasteiger partial charge in [-0.05, 0) is 42.3 Å². The minimum Gasteiger partial charge on any atom is -0.334 e. The monoisotopic (exact) mass is 365 g/mol. The number of anilines is 1. The number of amides is 2. The minimum atomic E-state index is -0.0659. The number of nitrogens with one attached hydrogen (secondary N) is 1. The maximum atomic E-state index is 13.0. The Kier molecular flexibility index (Phi) is 5.59. The second-order valence-corrected chi connectivity index (χ2v) is 7.10. The molecule has 0 saturated heterocycles. The molecule has 0 spiro atoms.